The van der Waals surface area contributed by atoms with Gasteiger partial charge in [0.15, 0.2) is 0 Å². The molecule has 1 aliphatic heterocycles. The van der Waals surface area contributed by atoms with Crippen molar-refractivity contribution in [1.29, 1.82) is 0 Å². The molecule has 5 heteroatoms. The molecule has 0 aliphatic carbocycles. The molecule has 0 aromatic heterocycles. The molecule has 1 fully saturated rings. The number of hydrogen-bond donors (Lipinski definition) is 1. The summed E-state index contributed by atoms with van der Waals surface area (Å²) in [5, 5.41) is 3.33. The molecule has 1 aromatic rings. The summed E-state index contributed by atoms with van der Waals surface area (Å²) in [7, 11) is 1.48. The molecule has 94 valence electrons. The number of halogens is 2. The molecule has 0 spiro atoms. The average Bonchev–Trinajstić information content (AvgIpc) is 2.37. The van der Waals surface area contributed by atoms with E-state index in [0.29, 0.717) is 17.9 Å². The van der Waals surface area contributed by atoms with Gasteiger partial charge in [0.05, 0.1) is 7.11 Å². The van der Waals surface area contributed by atoms with Gasteiger partial charge in [0, 0.05) is 38.3 Å². The maximum Gasteiger partial charge on any atom is 0.150 e. The molecular weight excluding hydrogens is 243 g/mol. The smallest absolute Gasteiger partial charge is 0.150 e. The van der Waals surface area contributed by atoms with E-state index in [1.54, 1.807) is 12.1 Å². The standard InChI is InChI=1S/C12H16ClFN2O/c1-17-10-3-2-9(12(14)11(10)13)8-16-6-4-15-5-7-16/h2-3,15H,4-8H2,1H3. The van der Waals surface area contributed by atoms with E-state index in [2.05, 4.69) is 10.2 Å². The van der Waals surface area contributed by atoms with Gasteiger partial charge in [0.1, 0.15) is 16.6 Å². The molecule has 0 radical (unpaired) electrons. The molecule has 1 aromatic carbocycles. The van der Waals surface area contributed by atoms with E-state index in [0.717, 1.165) is 26.2 Å². The van der Waals surface area contributed by atoms with Crippen LogP contribution >= 0.6 is 11.6 Å². The van der Waals surface area contributed by atoms with Crippen molar-refractivity contribution in [2.45, 2.75) is 6.54 Å². The highest BCUT2D eigenvalue weighted by Crippen LogP contribution is 2.29. The number of hydrogen-bond acceptors (Lipinski definition) is 3. The van der Waals surface area contributed by atoms with Crippen LogP contribution in [0.4, 0.5) is 4.39 Å². The summed E-state index contributed by atoms with van der Waals surface area (Å²) in [6.07, 6.45) is 0. The van der Waals surface area contributed by atoms with Gasteiger partial charge in [-0.05, 0) is 6.07 Å². The maximum atomic E-state index is 13.9. The molecule has 0 saturated carbocycles. The summed E-state index contributed by atoms with van der Waals surface area (Å²) in [6, 6.07) is 3.45. The van der Waals surface area contributed by atoms with Crippen LogP contribution in [-0.4, -0.2) is 38.2 Å². The van der Waals surface area contributed by atoms with Gasteiger partial charge in [-0.3, -0.25) is 4.90 Å². The summed E-state index contributed by atoms with van der Waals surface area (Å²) in [6.45, 7) is 4.36. The molecule has 1 heterocycles. The Hall–Kier alpha value is -0.840. The molecule has 0 amide bonds. The highest BCUT2D eigenvalue weighted by molar-refractivity contribution is 6.32. The second-order valence-electron chi connectivity index (χ2n) is 4.08. The van der Waals surface area contributed by atoms with Gasteiger partial charge in [-0.2, -0.15) is 0 Å². The topological polar surface area (TPSA) is 24.5 Å². The predicted molar refractivity (Wildman–Crippen MR) is 66.1 cm³/mol. The Morgan fingerprint density at radius 1 is 1.41 bits per heavy atom. The fraction of sp³-hybridized carbons (Fsp3) is 0.500. The average molecular weight is 259 g/mol. The van der Waals surface area contributed by atoms with Crippen molar-refractivity contribution in [1.82, 2.24) is 10.2 Å². The van der Waals surface area contributed by atoms with Crippen molar-refractivity contribution >= 4 is 11.6 Å². The van der Waals surface area contributed by atoms with E-state index in [1.807, 2.05) is 0 Å². The summed E-state index contributed by atoms with van der Waals surface area (Å²) in [4.78, 5) is 2.21. The molecule has 1 saturated heterocycles. The molecule has 1 N–H and O–H groups in total. The van der Waals surface area contributed by atoms with Gasteiger partial charge >= 0.3 is 0 Å². The van der Waals surface area contributed by atoms with Crippen molar-refractivity contribution in [2.75, 3.05) is 33.3 Å². The third-order valence-electron chi connectivity index (χ3n) is 2.95. The van der Waals surface area contributed by atoms with Crippen molar-refractivity contribution in [3.63, 3.8) is 0 Å². The zero-order chi connectivity index (χ0) is 12.3. The van der Waals surface area contributed by atoms with Crippen molar-refractivity contribution in [2.24, 2.45) is 0 Å². The van der Waals surface area contributed by atoms with Crippen LogP contribution in [0.3, 0.4) is 0 Å². The molecule has 3 nitrogen and oxygen atoms in total. The highest BCUT2D eigenvalue weighted by Gasteiger charge is 2.16. The van der Waals surface area contributed by atoms with Gasteiger partial charge in [-0.25, -0.2) is 4.39 Å². The van der Waals surface area contributed by atoms with Crippen molar-refractivity contribution < 1.29 is 9.13 Å². The number of rotatable bonds is 3. The Morgan fingerprint density at radius 3 is 2.76 bits per heavy atom. The van der Waals surface area contributed by atoms with Crippen LogP contribution in [0, 0.1) is 5.82 Å². The summed E-state index contributed by atoms with van der Waals surface area (Å²) in [5.74, 6) is 0.0118. The lowest BCUT2D eigenvalue weighted by Crippen LogP contribution is -2.43. The molecule has 0 atom stereocenters. The second-order valence-corrected chi connectivity index (χ2v) is 4.46. The molecule has 17 heavy (non-hydrogen) atoms. The van der Waals surface area contributed by atoms with E-state index < -0.39 is 0 Å². The first-order valence-electron chi connectivity index (χ1n) is 5.66. The van der Waals surface area contributed by atoms with E-state index in [9.17, 15) is 4.39 Å². The Balaban J connectivity index is 2.12. The molecule has 2 rings (SSSR count). The second kappa shape index (κ2) is 5.67. The minimum absolute atomic E-state index is 0.0696. The van der Waals surface area contributed by atoms with E-state index in [1.165, 1.54) is 7.11 Å². The number of nitrogens with one attached hydrogen (secondary N) is 1. The molecule has 0 bridgehead atoms. The molecule has 0 unspecified atom stereocenters. The lowest BCUT2D eigenvalue weighted by molar-refractivity contribution is 0.230. The lowest BCUT2D eigenvalue weighted by Gasteiger charge is -2.27. The Bertz CT molecular complexity index is 394. The van der Waals surface area contributed by atoms with Crippen LogP contribution in [0.2, 0.25) is 5.02 Å². The third kappa shape index (κ3) is 2.89. The summed E-state index contributed by atoms with van der Waals surface area (Å²) >= 11 is 5.89. The number of benzene rings is 1. The highest BCUT2D eigenvalue weighted by atomic mass is 35.5. The lowest BCUT2D eigenvalue weighted by atomic mass is 10.1. The third-order valence-corrected chi connectivity index (χ3v) is 3.30. The number of methoxy groups -OCH3 is 1. The minimum atomic E-state index is -0.371. The van der Waals surface area contributed by atoms with E-state index >= 15 is 0 Å². The summed E-state index contributed by atoms with van der Waals surface area (Å²) < 4.78 is 18.9. The SMILES string of the molecule is COc1ccc(CN2CCNCC2)c(F)c1Cl. The first-order chi connectivity index (χ1) is 8.22. The Morgan fingerprint density at radius 2 is 2.12 bits per heavy atom. The van der Waals surface area contributed by atoms with Gasteiger partial charge in [0.25, 0.3) is 0 Å². The zero-order valence-electron chi connectivity index (χ0n) is 9.80. The maximum absolute atomic E-state index is 13.9. The fourth-order valence-electron chi connectivity index (χ4n) is 1.96. The van der Waals surface area contributed by atoms with Crippen molar-refractivity contribution in [3.8, 4) is 5.75 Å². The van der Waals surface area contributed by atoms with Gasteiger partial charge < -0.3 is 10.1 Å². The van der Waals surface area contributed by atoms with Gasteiger partial charge in [0.2, 0.25) is 0 Å². The minimum Gasteiger partial charge on any atom is -0.495 e. The largest absolute Gasteiger partial charge is 0.495 e. The molecule has 1 aliphatic rings. The predicted octanol–water partition coefficient (Wildman–Crippen LogP) is 1.89. The quantitative estimate of drug-likeness (QED) is 0.896. The Kier molecular flexibility index (Phi) is 4.20. The monoisotopic (exact) mass is 258 g/mol. The van der Waals surface area contributed by atoms with Crippen LogP contribution in [0.5, 0.6) is 5.75 Å². The van der Waals surface area contributed by atoms with Crippen LogP contribution in [0.25, 0.3) is 0 Å². The van der Waals surface area contributed by atoms with E-state index in [-0.39, 0.29) is 10.8 Å². The number of piperazine rings is 1. The first-order valence-corrected chi connectivity index (χ1v) is 6.04. The van der Waals surface area contributed by atoms with Crippen molar-refractivity contribution in [3.05, 3.63) is 28.5 Å². The van der Waals surface area contributed by atoms with Gasteiger partial charge in [-0.15, -0.1) is 0 Å². The Labute approximate surface area is 106 Å². The van der Waals surface area contributed by atoms with Crippen LogP contribution in [0.1, 0.15) is 5.56 Å². The van der Waals surface area contributed by atoms with Gasteiger partial charge in [-0.1, -0.05) is 17.7 Å². The van der Waals surface area contributed by atoms with Crippen LogP contribution < -0.4 is 10.1 Å². The molecular formula is C12H16ClFN2O. The number of ether oxygens (including phenoxy) is 1. The van der Waals surface area contributed by atoms with E-state index in [4.69, 9.17) is 16.3 Å². The fourth-order valence-corrected chi connectivity index (χ4v) is 2.22. The summed E-state index contributed by atoms with van der Waals surface area (Å²) in [5.41, 5.74) is 0.623. The number of nitrogens with zero attached hydrogens (tertiary/aromatic N) is 1. The zero-order valence-corrected chi connectivity index (χ0v) is 10.6. The first kappa shape index (κ1) is 12.6. The van der Waals surface area contributed by atoms with Crippen LogP contribution in [0.15, 0.2) is 12.1 Å². The normalized spacial score (nSPS) is 17.1. The van der Waals surface area contributed by atoms with Crippen LogP contribution in [-0.2, 0) is 6.54 Å².